The average Bonchev–Trinajstić information content (AvgIpc) is 3.34. The maximum atomic E-state index is 13.0. The lowest BCUT2D eigenvalue weighted by atomic mass is 9.96. The molecule has 1 amide bonds. The fraction of sp³-hybridized carbons (Fsp3) is 0.250. The number of halogens is 1. The Morgan fingerprint density at radius 2 is 1.94 bits per heavy atom. The van der Waals surface area contributed by atoms with E-state index in [4.69, 9.17) is 17.3 Å². The van der Waals surface area contributed by atoms with Crippen molar-refractivity contribution in [3.05, 3.63) is 64.8 Å². The smallest absolute Gasteiger partial charge is 0.253 e. The minimum atomic E-state index is 0.0250. The summed E-state index contributed by atoms with van der Waals surface area (Å²) in [6, 6.07) is 13.3. The third kappa shape index (κ3) is 4.96. The van der Waals surface area contributed by atoms with E-state index in [-0.39, 0.29) is 5.91 Å². The first-order chi connectivity index (χ1) is 16.6. The number of nitrogens with one attached hydrogen (secondary N) is 2. The molecule has 0 spiro atoms. The van der Waals surface area contributed by atoms with Crippen LogP contribution in [0, 0.1) is 5.92 Å². The molecule has 1 saturated heterocycles. The number of fused-ring (bicyclic) bond motifs is 1. The van der Waals surface area contributed by atoms with Crippen molar-refractivity contribution in [2.24, 2.45) is 11.7 Å². The first-order valence-electron chi connectivity index (χ1n) is 11.1. The Morgan fingerprint density at radius 3 is 2.76 bits per heavy atom. The molecule has 4 aromatic rings. The lowest BCUT2D eigenvalue weighted by Crippen LogP contribution is -2.40. The number of likely N-dealkylation sites (tertiary alicyclic amines) is 1. The number of anilines is 4. The van der Waals surface area contributed by atoms with Crippen LogP contribution in [0.5, 0.6) is 0 Å². The van der Waals surface area contributed by atoms with E-state index >= 15 is 0 Å². The highest BCUT2D eigenvalue weighted by molar-refractivity contribution is 7.16. The largest absolute Gasteiger partial charge is 0.339 e. The van der Waals surface area contributed by atoms with Crippen LogP contribution in [0.2, 0.25) is 5.02 Å². The van der Waals surface area contributed by atoms with Gasteiger partial charge >= 0.3 is 0 Å². The number of carbonyl (C=O) groups excluding carboxylic acids is 1. The Hall–Kier alpha value is -3.27. The lowest BCUT2D eigenvalue weighted by Gasteiger charge is -2.31. The molecule has 0 bridgehead atoms. The molecule has 34 heavy (non-hydrogen) atoms. The quantitative estimate of drug-likeness (QED) is 0.345. The van der Waals surface area contributed by atoms with Crippen LogP contribution in [0.3, 0.4) is 0 Å². The molecule has 0 unspecified atom stereocenters. The summed E-state index contributed by atoms with van der Waals surface area (Å²) < 4.78 is 1.07. The zero-order valence-corrected chi connectivity index (χ0v) is 19.9. The summed E-state index contributed by atoms with van der Waals surface area (Å²) in [5.41, 5.74) is 10.7. The van der Waals surface area contributed by atoms with Crippen molar-refractivity contribution < 1.29 is 4.79 Å². The van der Waals surface area contributed by atoms with Gasteiger partial charge in [-0.05, 0) is 61.7 Å². The van der Waals surface area contributed by atoms with Crippen LogP contribution in [0.4, 0.5) is 23.1 Å². The van der Waals surface area contributed by atoms with Gasteiger partial charge in [0.1, 0.15) is 5.02 Å². The van der Waals surface area contributed by atoms with Crippen molar-refractivity contribution in [3.63, 3.8) is 0 Å². The number of amides is 1. The number of benzene rings is 2. The highest BCUT2D eigenvalue weighted by Crippen LogP contribution is 2.28. The molecule has 1 aliphatic heterocycles. The third-order valence-electron chi connectivity index (χ3n) is 5.94. The van der Waals surface area contributed by atoms with Gasteiger partial charge in [0.25, 0.3) is 5.91 Å². The Labute approximate surface area is 206 Å². The van der Waals surface area contributed by atoms with Crippen molar-refractivity contribution in [2.45, 2.75) is 12.8 Å². The number of nitrogens with two attached hydrogens (primary N) is 1. The number of piperidine rings is 1. The molecule has 2 aromatic carbocycles. The fourth-order valence-corrected chi connectivity index (χ4v) is 4.85. The molecule has 8 nitrogen and oxygen atoms in total. The second-order valence-electron chi connectivity index (χ2n) is 8.23. The molecule has 4 N–H and O–H groups in total. The molecule has 1 aliphatic rings. The maximum absolute atomic E-state index is 13.0. The van der Waals surface area contributed by atoms with Gasteiger partial charge < -0.3 is 21.3 Å². The second kappa shape index (κ2) is 9.92. The summed E-state index contributed by atoms with van der Waals surface area (Å²) in [6.07, 6.45) is 3.44. The summed E-state index contributed by atoms with van der Waals surface area (Å²) in [7, 11) is 0. The second-order valence-corrected chi connectivity index (χ2v) is 9.52. The van der Waals surface area contributed by atoms with E-state index in [1.54, 1.807) is 17.5 Å². The molecular weight excluding hydrogens is 470 g/mol. The molecule has 0 radical (unpaired) electrons. The molecule has 10 heteroatoms. The Kier molecular flexibility index (Phi) is 6.57. The summed E-state index contributed by atoms with van der Waals surface area (Å²) >= 11 is 7.91. The third-order valence-corrected chi connectivity index (χ3v) is 7.01. The molecule has 5 rings (SSSR count). The van der Waals surface area contributed by atoms with Gasteiger partial charge in [0, 0.05) is 30.0 Å². The van der Waals surface area contributed by atoms with E-state index in [1.165, 1.54) is 0 Å². The summed E-state index contributed by atoms with van der Waals surface area (Å²) in [4.78, 5) is 28.0. The van der Waals surface area contributed by atoms with Crippen LogP contribution < -0.4 is 16.4 Å². The maximum Gasteiger partial charge on any atom is 0.253 e. The molecule has 3 heterocycles. The highest BCUT2D eigenvalue weighted by Gasteiger charge is 2.23. The standard InChI is InChI=1S/C24H24ClN7OS/c25-19-13-27-24(31-22(19)29-18-4-5-20-21(11-18)34-14-28-20)30-17-3-1-2-16(10-17)23(33)32-8-6-15(12-26)7-9-32/h1-5,10-11,13-15H,6-9,12,26H2,(H2,27,29,30,31). The number of hydrogen-bond acceptors (Lipinski definition) is 8. The number of nitrogens with zero attached hydrogens (tertiary/aromatic N) is 4. The van der Waals surface area contributed by atoms with Crippen LogP contribution in [0.1, 0.15) is 23.2 Å². The zero-order chi connectivity index (χ0) is 23.5. The molecule has 2 aromatic heterocycles. The van der Waals surface area contributed by atoms with Crippen molar-refractivity contribution in [1.82, 2.24) is 19.9 Å². The Bertz CT molecular complexity index is 1320. The molecule has 1 fully saturated rings. The predicted molar refractivity (Wildman–Crippen MR) is 137 cm³/mol. The van der Waals surface area contributed by atoms with Crippen LogP contribution in [-0.2, 0) is 0 Å². The van der Waals surface area contributed by atoms with Crippen molar-refractivity contribution in [2.75, 3.05) is 30.3 Å². The van der Waals surface area contributed by atoms with E-state index in [9.17, 15) is 4.79 Å². The minimum absolute atomic E-state index is 0.0250. The van der Waals surface area contributed by atoms with Gasteiger partial charge in [-0.15, -0.1) is 11.3 Å². The lowest BCUT2D eigenvalue weighted by molar-refractivity contribution is 0.0693. The molecule has 174 valence electrons. The van der Waals surface area contributed by atoms with Crippen LogP contribution >= 0.6 is 22.9 Å². The first-order valence-corrected chi connectivity index (χ1v) is 12.3. The van der Waals surface area contributed by atoms with E-state index < -0.39 is 0 Å². The number of rotatable bonds is 6. The van der Waals surface area contributed by atoms with E-state index in [1.807, 2.05) is 52.9 Å². The van der Waals surface area contributed by atoms with E-state index in [2.05, 4.69) is 25.6 Å². The molecule has 0 atom stereocenters. The summed E-state index contributed by atoms with van der Waals surface area (Å²) in [5, 5.41) is 6.83. The van der Waals surface area contributed by atoms with Crippen molar-refractivity contribution >= 4 is 62.2 Å². The zero-order valence-electron chi connectivity index (χ0n) is 18.4. The Morgan fingerprint density at radius 1 is 1.12 bits per heavy atom. The van der Waals surface area contributed by atoms with Crippen molar-refractivity contribution in [3.8, 4) is 0 Å². The van der Waals surface area contributed by atoms with Gasteiger partial charge in [-0.3, -0.25) is 4.79 Å². The van der Waals surface area contributed by atoms with E-state index in [0.717, 1.165) is 47.5 Å². The average molecular weight is 494 g/mol. The van der Waals surface area contributed by atoms with Gasteiger partial charge in [0.15, 0.2) is 5.82 Å². The number of hydrogen-bond donors (Lipinski definition) is 3. The number of carbonyl (C=O) groups is 1. The van der Waals surface area contributed by atoms with Crippen molar-refractivity contribution in [1.29, 1.82) is 0 Å². The first kappa shape index (κ1) is 22.5. The summed E-state index contributed by atoms with van der Waals surface area (Å²) in [5.74, 6) is 1.39. The topological polar surface area (TPSA) is 109 Å². The molecular formula is C24H24ClN7OS. The molecule has 0 saturated carbocycles. The van der Waals surface area contributed by atoms with Gasteiger partial charge in [0.2, 0.25) is 5.95 Å². The van der Waals surface area contributed by atoms with E-state index in [0.29, 0.717) is 34.8 Å². The fourth-order valence-electron chi connectivity index (χ4n) is 4.00. The normalized spacial score (nSPS) is 14.4. The van der Waals surface area contributed by atoms with Gasteiger partial charge in [-0.1, -0.05) is 17.7 Å². The Balaban J connectivity index is 1.30. The van der Waals surface area contributed by atoms with Crippen LogP contribution in [-0.4, -0.2) is 45.4 Å². The minimum Gasteiger partial charge on any atom is -0.339 e. The van der Waals surface area contributed by atoms with Crippen LogP contribution in [0.15, 0.2) is 54.2 Å². The number of thiazole rings is 1. The van der Waals surface area contributed by atoms with Gasteiger partial charge in [-0.2, -0.15) is 4.98 Å². The van der Waals surface area contributed by atoms with Gasteiger partial charge in [0.05, 0.1) is 21.9 Å². The SMILES string of the molecule is NCC1CCN(C(=O)c2cccc(Nc3ncc(Cl)c(Nc4ccc5ncsc5c4)n3)c2)CC1. The van der Waals surface area contributed by atoms with Gasteiger partial charge in [-0.25, -0.2) is 9.97 Å². The predicted octanol–water partition coefficient (Wildman–Crippen LogP) is 5.04. The van der Waals surface area contributed by atoms with Crippen LogP contribution in [0.25, 0.3) is 10.2 Å². The molecule has 0 aliphatic carbocycles. The number of aromatic nitrogens is 3. The highest BCUT2D eigenvalue weighted by atomic mass is 35.5. The summed E-state index contributed by atoms with van der Waals surface area (Å²) in [6.45, 7) is 2.15. The monoisotopic (exact) mass is 493 g/mol.